The van der Waals surface area contributed by atoms with Crippen molar-refractivity contribution in [2.45, 2.75) is 13.0 Å². The van der Waals surface area contributed by atoms with Crippen molar-refractivity contribution >= 4 is 44.1 Å². The third kappa shape index (κ3) is 2.76. The number of para-hydroxylation sites is 1. The van der Waals surface area contributed by atoms with Crippen molar-refractivity contribution in [2.24, 2.45) is 0 Å². The predicted octanol–water partition coefficient (Wildman–Crippen LogP) is 5.09. The Morgan fingerprint density at radius 2 is 2.05 bits per heavy atom. The molecule has 0 aliphatic rings. The summed E-state index contributed by atoms with van der Waals surface area (Å²) in [6.45, 7) is 1.97. The minimum atomic E-state index is -0.120. The predicted molar refractivity (Wildman–Crippen MR) is 88.7 cm³/mol. The molecule has 0 saturated carbocycles. The molecule has 3 aromatic rings. The smallest absolute Gasteiger partial charge is 0.264 e. The first kappa shape index (κ1) is 14.4. The first-order valence-corrected chi connectivity index (χ1v) is 8.18. The van der Waals surface area contributed by atoms with E-state index in [2.05, 4.69) is 15.9 Å². The van der Waals surface area contributed by atoms with Gasteiger partial charge in [0.15, 0.2) is 0 Å². The Balaban J connectivity index is 1.86. The van der Waals surface area contributed by atoms with Gasteiger partial charge in [0.05, 0.1) is 14.7 Å². The maximum absolute atomic E-state index is 12.5. The van der Waals surface area contributed by atoms with Gasteiger partial charge in [-0.1, -0.05) is 18.2 Å². The Labute approximate surface area is 135 Å². The average molecular weight is 364 g/mol. The van der Waals surface area contributed by atoms with Gasteiger partial charge in [-0.2, -0.15) is 0 Å². The Bertz CT molecular complexity index is 759. The number of hydrogen-bond acceptors (Lipinski definition) is 3. The van der Waals surface area contributed by atoms with Gasteiger partial charge < -0.3 is 9.32 Å². The molecule has 2 heterocycles. The van der Waals surface area contributed by atoms with E-state index in [1.807, 2.05) is 49.4 Å². The van der Waals surface area contributed by atoms with Gasteiger partial charge in [-0.3, -0.25) is 4.79 Å². The zero-order valence-electron chi connectivity index (χ0n) is 11.7. The van der Waals surface area contributed by atoms with Crippen LogP contribution < -0.4 is 0 Å². The van der Waals surface area contributed by atoms with E-state index in [4.69, 9.17) is 4.42 Å². The highest BCUT2D eigenvalue weighted by molar-refractivity contribution is 9.11. The third-order valence-corrected chi connectivity index (χ3v) is 5.15. The number of fused-ring (bicyclic) bond motifs is 1. The number of amides is 1. The van der Waals surface area contributed by atoms with Crippen LogP contribution in [0.25, 0.3) is 11.0 Å². The van der Waals surface area contributed by atoms with Crippen LogP contribution in [0.2, 0.25) is 0 Å². The van der Waals surface area contributed by atoms with E-state index >= 15 is 0 Å². The maximum Gasteiger partial charge on any atom is 0.264 e. The fourth-order valence-electron chi connectivity index (χ4n) is 2.18. The summed E-state index contributed by atoms with van der Waals surface area (Å²) < 4.78 is 6.80. The average Bonchev–Trinajstić information content (AvgIpc) is 3.10. The van der Waals surface area contributed by atoms with Crippen LogP contribution in [0.5, 0.6) is 0 Å². The summed E-state index contributed by atoms with van der Waals surface area (Å²) in [6, 6.07) is 13.5. The summed E-state index contributed by atoms with van der Waals surface area (Å²) in [6.07, 6.45) is 0. The van der Waals surface area contributed by atoms with Crippen molar-refractivity contribution in [3.8, 4) is 0 Å². The van der Waals surface area contributed by atoms with E-state index in [0.717, 1.165) is 20.5 Å². The summed E-state index contributed by atoms with van der Waals surface area (Å²) in [5.74, 6) is 0.793. The number of thiophene rings is 1. The molecule has 0 aliphatic heterocycles. The normalized spacial score (nSPS) is 12.5. The Morgan fingerprint density at radius 1 is 1.29 bits per heavy atom. The van der Waals surface area contributed by atoms with Crippen molar-refractivity contribution in [1.29, 1.82) is 0 Å². The summed E-state index contributed by atoms with van der Waals surface area (Å²) in [4.78, 5) is 14.9. The first-order valence-electron chi connectivity index (χ1n) is 6.57. The zero-order chi connectivity index (χ0) is 15.0. The molecule has 1 atom stereocenters. The molecule has 0 bridgehead atoms. The quantitative estimate of drug-likeness (QED) is 0.649. The van der Waals surface area contributed by atoms with Crippen molar-refractivity contribution in [1.82, 2.24) is 4.90 Å². The van der Waals surface area contributed by atoms with E-state index < -0.39 is 0 Å². The largest absolute Gasteiger partial charge is 0.459 e. The van der Waals surface area contributed by atoms with Gasteiger partial charge in [-0.05, 0) is 47.1 Å². The van der Waals surface area contributed by atoms with Crippen molar-refractivity contribution in [3.05, 3.63) is 56.9 Å². The molecule has 3 nitrogen and oxygen atoms in total. The Morgan fingerprint density at radius 3 is 2.71 bits per heavy atom. The van der Waals surface area contributed by atoms with Crippen LogP contribution in [-0.2, 0) is 0 Å². The fraction of sp³-hybridized carbons (Fsp3) is 0.188. The molecular weight excluding hydrogens is 350 g/mol. The summed E-state index contributed by atoms with van der Waals surface area (Å²) in [5, 5.41) is 1.05. The molecular formula is C16H14BrNO2S. The molecule has 0 aliphatic carbocycles. The zero-order valence-corrected chi connectivity index (χ0v) is 14.1. The highest BCUT2D eigenvalue weighted by atomic mass is 79.9. The number of halogens is 1. The number of rotatable bonds is 3. The van der Waals surface area contributed by atoms with Gasteiger partial charge in [0, 0.05) is 12.4 Å². The number of furan rings is 1. The van der Waals surface area contributed by atoms with Crippen molar-refractivity contribution in [2.75, 3.05) is 7.05 Å². The molecule has 0 spiro atoms. The SMILES string of the molecule is CC(c1cc2ccccc2o1)N(C)C(=O)c1ccc(Br)s1. The van der Waals surface area contributed by atoms with E-state index in [1.54, 1.807) is 11.9 Å². The van der Waals surface area contributed by atoms with Crippen LogP contribution in [-0.4, -0.2) is 17.9 Å². The standard InChI is InChI=1S/C16H14BrNO2S/c1-10(13-9-11-5-3-4-6-12(11)20-13)18(2)16(19)14-7-8-15(17)21-14/h3-10H,1-2H3. The second kappa shape index (κ2) is 5.66. The summed E-state index contributed by atoms with van der Waals surface area (Å²) in [5.41, 5.74) is 0.846. The van der Waals surface area contributed by atoms with Crippen molar-refractivity contribution < 1.29 is 9.21 Å². The summed E-state index contributed by atoms with van der Waals surface area (Å²) in [7, 11) is 1.80. The number of benzene rings is 1. The van der Waals surface area contributed by atoms with Crippen LogP contribution in [0.1, 0.15) is 28.4 Å². The van der Waals surface area contributed by atoms with E-state index in [1.165, 1.54) is 11.3 Å². The third-order valence-electron chi connectivity index (χ3n) is 3.54. The van der Waals surface area contributed by atoms with Gasteiger partial charge in [0.25, 0.3) is 5.91 Å². The van der Waals surface area contributed by atoms with Gasteiger partial charge in [-0.25, -0.2) is 0 Å². The van der Waals surface area contributed by atoms with Crippen LogP contribution >= 0.6 is 27.3 Å². The maximum atomic E-state index is 12.5. The summed E-state index contributed by atoms with van der Waals surface area (Å²) >= 11 is 4.82. The fourth-order valence-corrected chi connectivity index (χ4v) is 3.55. The highest BCUT2D eigenvalue weighted by Crippen LogP contribution is 2.29. The molecule has 5 heteroatoms. The number of hydrogen-bond donors (Lipinski definition) is 0. The molecule has 0 N–H and O–H groups in total. The second-order valence-corrected chi connectivity index (χ2v) is 7.35. The lowest BCUT2D eigenvalue weighted by atomic mass is 10.2. The van der Waals surface area contributed by atoms with E-state index in [-0.39, 0.29) is 11.9 Å². The molecule has 3 rings (SSSR count). The molecule has 21 heavy (non-hydrogen) atoms. The topological polar surface area (TPSA) is 33.5 Å². The lowest BCUT2D eigenvalue weighted by Gasteiger charge is -2.22. The molecule has 0 fully saturated rings. The van der Waals surface area contributed by atoms with Gasteiger partial charge >= 0.3 is 0 Å². The lowest BCUT2D eigenvalue weighted by Crippen LogP contribution is -2.28. The van der Waals surface area contributed by atoms with Crippen LogP contribution in [0.4, 0.5) is 0 Å². The van der Waals surface area contributed by atoms with Gasteiger partial charge in [-0.15, -0.1) is 11.3 Å². The Kier molecular flexibility index (Phi) is 3.87. The molecule has 108 valence electrons. The van der Waals surface area contributed by atoms with E-state index in [0.29, 0.717) is 4.88 Å². The minimum Gasteiger partial charge on any atom is -0.459 e. The van der Waals surface area contributed by atoms with Crippen LogP contribution in [0.3, 0.4) is 0 Å². The molecule has 1 unspecified atom stereocenters. The number of carbonyl (C=O) groups excluding carboxylic acids is 1. The number of nitrogens with zero attached hydrogens (tertiary/aromatic N) is 1. The highest BCUT2D eigenvalue weighted by Gasteiger charge is 2.22. The van der Waals surface area contributed by atoms with Crippen molar-refractivity contribution in [3.63, 3.8) is 0 Å². The molecule has 2 aromatic heterocycles. The lowest BCUT2D eigenvalue weighted by molar-refractivity contribution is 0.0732. The van der Waals surface area contributed by atoms with E-state index in [9.17, 15) is 4.79 Å². The molecule has 1 aromatic carbocycles. The molecule has 1 amide bonds. The number of carbonyl (C=O) groups is 1. The molecule has 0 saturated heterocycles. The van der Waals surface area contributed by atoms with Gasteiger partial charge in [0.1, 0.15) is 11.3 Å². The minimum absolute atomic E-state index is 0.00124. The monoisotopic (exact) mass is 363 g/mol. The van der Waals surface area contributed by atoms with Crippen LogP contribution in [0, 0.1) is 0 Å². The van der Waals surface area contributed by atoms with Gasteiger partial charge in [0.2, 0.25) is 0 Å². The van der Waals surface area contributed by atoms with Crippen LogP contribution in [0.15, 0.2) is 50.7 Å². The second-order valence-electron chi connectivity index (χ2n) is 4.88. The first-order chi connectivity index (χ1) is 10.1. The molecule has 0 radical (unpaired) electrons. The Hall–Kier alpha value is -1.59.